The molecule has 0 radical (unpaired) electrons. The molecule has 0 bridgehead atoms. The van der Waals surface area contributed by atoms with E-state index in [1.807, 2.05) is 6.92 Å². The van der Waals surface area contributed by atoms with Crippen LogP contribution in [0.3, 0.4) is 0 Å². The fourth-order valence-electron chi connectivity index (χ4n) is 2.19. The highest BCUT2D eigenvalue weighted by Crippen LogP contribution is 2.27. The highest BCUT2D eigenvalue weighted by Gasteiger charge is 2.32. The van der Waals surface area contributed by atoms with Crippen LogP contribution in [0.4, 0.5) is 5.69 Å². The third-order valence-electron chi connectivity index (χ3n) is 3.29. The molecule has 6 heteroatoms. The number of benzene rings is 1. The van der Waals surface area contributed by atoms with Crippen molar-refractivity contribution in [2.75, 3.05) is 18.8 Å². The Bertz CT molecular complexity index is 569. The third kappa shape index (κ3) is 2.23. The Morgan fingerprint density at radius 1 is 1.39 bits per heavy atom. The number of aryl methyl sites for hydroxylation is 1. The summed E-state index contributed by atoms with van der Waals surface area (Å²) in [5.74, 6) is 0. The van der Waals surface area contributed by atoms with Crippen LogP contribution < -0.4 is 5.73 Å². The van der Waals surface area contributed by atoms with Crippen LogP contribution in [0.2, 0.25) is 0 Å². The van der Waals surface area contributed by atoms with Gasteiger partial charge in [0.05, 0.1) is 11.0 Å². The van der Waals surface area contributed by atoms with E-state index < -0.39 is 16.1 Å². The van der Waals surface area contributed by atoms with Gasteiger partial charge >= 0.3 is 0 Å². The van der Waals surface area contributed by atoms with Crippen molar-refractivity contribution in [1.82, 2.24) is 4.31 Å². The summed E-state index contributed by atoms with van der Waals surface area (Å²) in [6.45, 7) is 4.04. The molecule has 0 aliphatic carbocycles. The van der Waals surface area contributed by atoms with E-state index >= 15 is 0 Å². The van der Waals surface area contributed by atoms with E-state index in [1.165, 1.54) is 4.31 Å². The average Bonchev–Trinajstić information content (AvgIpc) is 2.70. The molecule has 1 aromatic carbocycles. The SMILES string of the molecule is Cc1cc(N)c(C)c(S(=O)(=O)N2CCC(O)C2)c1. The van der Waals surface area contributed by atoms with Crippen molar-refractivity contribution < 1.29 is 13.5 Å². The zero-order valence-corrected chi connectivity index (χ0v) is 11.4. The Morgan fingerprint density at radius 3 is 2.61 bits per heavy atom. The summed E-state index contributed by atoms with van der Waals surface area (Å²) in [6, 6.07) is 3.39. The van der Waals surface area contributed by atoms with Gasteiger partial charge in [0.2, 0.25) is 10.0 Å². The summed E-state index contributed by atoms with van der Waals surface area (Å²) in [5, 5.41) is 9.46. The fraction of sp³-hybridized carbons (Fsp3) is 0.500. The monoisotopic (exact) mass is 270 g/mol. The minimum atomic E-state index is -3.55. The summed E-state index contributed by atoms with van der Waals surface area (Å²) in [7, 11) is -3.55. The number of rotatable bonds is 2. The maximum Gasteiger partial charge on any atom is 0.243 e. The molecule has 1 aliphatic rings. The van der Waals surface area contributed by atoms with Gasteiger partial charge in [-0.15, -0.1) is 0 Å². The van der Waals surface area contributed by atoms with Crippen LogP contribution in [0.5, 0.6) is 0 Å². The van der Waals surface area contributed by atoms with E-state index in [9.17, 15) is 13.5 Å². The first-order chi connectivity index (χ1) is 8.32. The van der Waals surface area contributed by atoms with E-state index in [1.54, 1.807) is 19.1 Å². The lowest BCUT2D eigenvalue weighted by Gasteiger charge is -2.18. The third-order valence-corrected chi connectivity index (χ3v) is 5.28. The molecule has 1 atom stereocenters. The first-order valence-corrected chi connectivity index (χ1v) is 7.31. The Balaban J connectivity index is 2.48. The minimum Gasteiger partial charge on any atom is -0.398 e. The molecule has 5 nitrogen and oxygen atoms in total. The predicted octanol–water partition coefficient (Wildman–Crippen LogP) is 0.641. The highest BCUT2D eigenvalue weighted by atomic mass is 32.2. The van der Waals surface area contributed by atoms with Gasteiger partial charge in [-0.3, -0.25) is 0 Å². The van der Waals surface area contributed by atoms with Gasteiger partial charge in [-0.1, -0.05) is 0 Å². The van der Waals surface area contributed by atoms with E-state index in [0.29, 0.717) is 24.2 Å². The molecule has 3 N–H and O–H groups in total. The smallest absolute Gasteiger partial charge is 0.243 e. The number of anilines is 1. The lowest BCUT2D eigenvalue weighted by atomic mass is 10.1. The number of aliphatic hydroxyl groups is 1. The molecule has 0 aromatic heterocycles. The molecule has 100 valence electrons. The van der Waals surface area contributed by atoms with Crippen molar-refractivity contribution in [2.24, 2.45) is 0 Å². The Labute approximate surface area is 107 Å². The Kier molecular flexibility index (Phi) is 3.35. The van der Waals surface area contributed by atoms with Crippen molar-refractivity contribution >= 4 is 15.7 Å². The molecule has 0 spiro atoms. The van der Waals surface area contributed by atoms with Crippen molar-refractivity contribution in [3.05, 3.63) is 23.3 Å². The van der Waals surface area contributed by atoms with Gasteiger partial charge in [0.25, 0.3) is 0 Å². The van der Waals surface area contributed by atoms with E-state index in [2.05, 4.69) is 0 Å². The number of nitrogen functional groups attached to an aromatic ring is 1. The number of nitrogens with zero attached hydrogens (tertiary/aromatic N) is 1. The van der Waals surface area contributed by atoms with Gasteiger partial charge in [-0.2, -0.15) is 4.31 Å². The summed E-state index contributed by atoms with van der Waals surface area (Å²) in [4.78, 5) is 0.245. The first-order valence-electron chi connectivity index (χ1n) is 5.87. The van der Waals surface area contributed by atoms with Crippen LogP contribution in [-0.2, 0) is 10.0 Å². The van der Waals surface area contributed by atoms with Crippen LogP contribution >= 0.6 is 0 Å². The molecule has 1 fully saturated rings. The van der Waals surface area contributed by atoms with Gasteiger partial charge in [-0.25, -0.2) is 8.42 Å². The van der Waals surface area contributed by atoms with E-state index in [0.717, 1.165) is 5.56 Å². The molecular weight excluding hydrogens is 252 g/mol. The van der Waals surface area contributed by atoms with Gasteiger partial charge in [0, 0.05) is 18.8 Å². The zero-order chi connectivity index (χ0) is 13.5. The molecule has 1 aromatic rings. The van der Waals surface area contributed by atoms with E-state index in [4.69, 9.17) is 5.73 Å². The summed E-state index contributed by atoms with van der Waals surface area (Å²) in [5.41, 5.74) is 7.68. The topological polar surface area (TPSA) is 83.6 Å². The number of aliphatic hydroxyl groups excluding tert-OH is 1. The van der Waals surface area contributed by atoms with Gasteiger partial charge in [-0.05, 0) is 43.5 Å². The predicted molar refractivity (Wildman–Crippen MR) is 69.7 cm³/mol. The molecule has 1 saturated heterocycles. The highest BCUT2D eigenvalue weighted by molar-refractivity contribution is 7.89. The van der Waals surface area contributed by atoms with Gasteiger partial charge in [0.15, 0.2) is 0 Å². The number of β-amino-alcohol motifs (C(OH)–C–C–N with tert-alkyl or cyclic N) is 1. The molecule has 2 rings (SSSR count). The Hall–Kier alpha value is -1.11. The second-order valence-corrected chi connectivity index (χ2v) is 6.69. The van der Waals surface area contributed by atoms with Gasteiger partial charge < -0.3 is 10.8 Å². The standard InChI is InChI=1S/C12H18N2O3S/c1-8-5-11(13)9(2)12(6-8)18(16,17)14-4-3-10(15)7-14/h5-6,10,15H,3-4,7,13H2,1-2H3. The summed E-state index contributed by atoms with van der Waals surface area (Å²) in [6.07, 6.45) is -0.0817. The second-order valence-electron chi connectivity index (χ2n) is 4.78. The van der Waals surface area contributed by atoms with Crippen molar-refractivity contribution in [1.29, 1.82) is 0 Å². The van der Waals surface area contributed by atoms with Crippen LogP contribution in [0.1, 0.15) is 17.5 Å². The molecule has 1 heterocycles. The lowest BCUT2D eigenvalue weighted by Crippen LogP contribution is -2.30. The molecule has 1 unspecified atom stereocenters. The molecule has 18 heavy (non-hydrogen) atoms. The van der Waals surface area contributed by atoms with E-state index in [-0.39, 0.29) is 11.4 Å². The lowest BCUT2D eigenvalue weighted by molar-refractivity contribution is 0.189. The number of hydrogen-bond donors (Lipinski definition) is 2. The number of hydrogen-bond acceptors (Lipinski definition) is 4. The summed E-state index contributed by atoms with van der Waals surface area (Å²) < 4.78 is 26.2. The number of nitrogens with two attached hydrogens (primary N) is 1. The normalized spacial score (nSPS) is 21.4. The van der Waals surface area contributed by atoms with Crippen molar-refractivity contribution in [2.45, 2.75) is 31.3 Å². The largest absolute Gasteiger partial charge is 0.398 e. The fourth-order valence-corrected chi connectivity index (χ4v) is 4.02. The Morgan fingerprint density at radius 2 is 2.06 bits per heavy atom. The quantitative estimate of drug-likeness (QED) is 0.773. The molecule has 0 amide bonds. The molecular formula is C12H18N2O3S. The second kappa shape index (κ2) is 4.53. The average molecular weight is 270 g/mol. The minimum absolute atomic E-state index is 0.162. The molecule has 1 aliphatic heterocycles. The van der Waals surface area contributed by atoms with Crippen molar-refractivity contribution in [3.8, 4) is 0 Å². The maximum absolute atomic E-state index is 12.5. The van der Waals surface area contributed by atoms with Gasteiger partial charge in [0.1, 0.15) is 0 Å². The summed E-state index contributed by atoms with van der Waals surface area (Å²) >= 11 is 0. The van der Waals surface area contributed by atoms with Crippen molar-refractivity contribution in [3.63, 3.8) is 0 Å². The maximum atomic E-state index is 12.5. The van der Waals surface area contributed by atoms with Crippen LogP contribution in [0, 0.1) is 13.8 Å². The van der Waals surface area contributed by atoms with Crippen LogP contribution in [0.15, 0.2) is 17.0 Å². The van der Waals surface area contributed by atoms with Crippen LogP contribution in [0.25, 0.3) is 0 Å². The molecule has 0 saturated carbocycles. The first kappa shape index (κ1) is 13.3. The zero-order valence-electron chi connectivity index (χ0n) is 10.5. The number of sulfonamides is 1. The van der Waals surface area contributed by atoms with Crippen LogP contribution in [-0.4, -0.2) is 37.0 Å².